The Morgan fingerprint density at radius 3 is 2.23 bits per heavy atom. The van der Waals surface area contributed by atoms with Crippen LogP contribution in [-0.2, 0) is 19.1 Å². The van der Waals surface area contributed by atoms with Crippen LogP contribution in [0.4, 0.5) is 0 Å². The van der Waals surface area contributed by atoms with Crippen molar-refractivity contribution >= 4 is 11.9 Å². The average Bonchev–Trinajstić information content (AvgIpc) is 2.12. The van der Waals surface area contributed by atoms with Crippen molar-refractivity contribution in [1.82, 2.24) is 0 Å². The van der Waals surface area contributed by atoms with Gasteiger partial charge in [0.25, 0.3) is 0 Å². The first-order valence-electron chi connectivity index (χ1n) is 4.12. The van der Waals surface area contributed by atoms with E-state index in [0.717, 1.165) is 0 Å². The summed E-state index contributed by atoms with van der Waals surface area (Å²) in [7, 11) is 0. The van der Waals surface area contributed by atoms with Gasteiger partial charge in [0.2, 0.25) is 0 Å². The average molecular weight is 186 g/mol. The Kier molecular flexibility index (Phi) is 6.59. The highest BCUT2D eigenvalue weighted by Gasteiger charge is 2.07. The van der Waals surface area contributed by atoms with Crippen LogP contribution >= 0.6 is 0 Å². The SMILES string of the molecule is C=CCOC(=O)CCC(=O)OCC. The molecule has 0 radical (unpaired) electrons. The zero-order valence-electron chi connectivity index (χ0n) is 7.75. The van der Waals surface area contributed by atoms with Gasteiger partial charge in [-0.15, -0.1) is 0 Å². The molecule has 0 saturated carbocycles. The zero-order valence-corrected chi connectivity index (χ0v) is 7.75. The molecule has 4 nitrogen and oxygen atoms in total. The number of carbonyl (C=O) groups is 2. The van der Waals surface area contributed by atoms with Crippen molar-refractivity contribution in [3.63, 3.8) is 0 Å². The smallest absolute Gasteiger partial charge is 0.306 e. The first-order chi connectivity index (χ1) is 6.20. The molecule has 0 rings (SSSR count). The van der Waals surface area contributed by atoms with E-state index >= 15 is 0 Å². The van der Waals surface area contributed by atoms with Gasteiger partial charge in [-0.25, -0.2) is 0 Å². The van der Waals surface area contributed by atoms with E-state index in [0.29, 0.717) is 6.61 Å². The Labute approximate surface area is 77.5 Å². The third-order valence-electron chi connectivity index (χ3n) is 1.20. The molecule has 0 aromatic carbocycles. The molecule has 0 amide bonds. The number of hydrogen-bond donors (Lipinski definition) is 0. The first-order valence-corrected chi connectivity index (χ1v) is 4.12. The minimum Gasteiger partial charge on any atom is -0.466 e. The fourth-order valence-corrected chi connectivity index (χ4v) is 0.661. The van der Waals surface area contributed by atoms with E-state index in [1.54, 1.807) is 6.92 Å². The van der Waals surface area contributed by atoms with Crippen molar-refractivity contribution in [2.24, 2.45) is 0 Å². The molecule has 0 N–H and O–H groups in total. The van der Waals surface area contributed by atoms with Crippen LogP contribution in [0.1, 0.15) is 19.8 Å². The van der Waals surface area contributed by atoms with Gasteiger partial charge in [0.05, 0.1) is 19.4 Å². The van der Waals surface area contributed by atoms with E-state index in [4.69, 9.17) is 0 Å². The van der Waals surface area contributed by atoms with Crippen LogP contribution in [0.5, 0.6) is 0 Å². The van der Waals surface area contributed by atoms with Crippen LogP contribution in [0, 0.1) is 0 Å². The molecule has 0 aliphatic carbocycles. The predicted molar refractivity (Wildman–Crippen MR) is 47.0 cm³/mol. The lowest BCUT2D eigenvalue weighted by atomic mass is 10.3. The fourth-order valence-electron chi connectivity index (χ4n) is 0.661. The highest BCUT2D eigenvalue weighted by Crippen LogP contribution is 1.95. The molecule has 0 aliphatic heterocycles. The summed E-state index contributed by atoms with van der Waals surface area (Å²) in [5.74, 6) is -0.786. The molecule has 0 bridgehead atoms. The molecule has 0 atom stereocenters. The van der Waals surface area contributed by atoms with Crippen LogP contribution in [0.25, 0.3) is 0 Å². The molecule has 0 aromatic heterocycles. The molecule has 0 aromatic rings. The number of esters is 2. The van der Waals surface area contributed by atoms with Crippen LogP contribution in [0.2, 0.25) is 0 Å². The largest absolute Gasteiger partial charge is 0.466 e. The van der Waals surface area contributed by atoms with Crippen molar-refractivity contribution in [3.05, 3.63) is 12.7 Å². The fraction of sp³-hybridized carbons (Fsp3) is 0.556. The summed E-state index contributed by atoms with van der Waals surface area (Å²) in [6.45, 7) is 5.62. The van der Waals surface area contributed by atoms with Crippen LogP contribution in [0.15, 0.2) is 12.7 Å². The van der Waals surface area contributed by atoms with Gasteiger partial charge in [0, 0.05) is 0 Å². The van der Waals surface area contributed by atoms with E-state index < -0.39 is 5.97 Å². The maximum atomic E-state index is 10.8. The van der Waals surface area contributed by atoms with Crippen molar-refractivity contribution in [2.45, 2.75) is 19.8 Å². The molecule has 0 unspecified atom stereocenters. The second kappa shape index (κ2) is 7.34. The molecule has 4 heteroatoms. The summed E-state index contributed by atoms with van der Waals surface area (Å²) < 4.78 is 9.28. The molecular formula is C9H14O4. The molecule has 0 spiro atoms. The van der Waals surface area contributed by atoms with E-state index in [9.17, 15) is 9.59 Å². The predicted octanol–water partition coefficient (Wildman–Crippen LogP) is 1.06. The molecule has 0 saturated heterocycles. The van der Waals surface area contributed by atoms with Crippen LogP contribution < -0.4 is 0 Å². The van der Waals surface area contributed by atoms with Crippen LogP contribution in [0.3, 0.4) is 0 Å². The number of rotatable bonds is 6. The molecule has 13 heavy (non-hydrogen) atoms. The number of carbonyl (C=O) groups excluding carboxylic acids is 2. The summed E-state index contributed by atoms with van der Waals surface area (Å²) in [4.78, 5) is 21.6. The second-order valence-corrected chi connectivity index (χ2v) is 2.28. The van der Waals surface area contributed by atoms with Crippen molar-refractivity contribution in [1.29, 1.82) is 0 Å². The number of hydrogen-bond acceptors (Lipinski definition) is 4. The lowest BCUT2D eigenvalue weighted by Gasteiger charge is -2.01. The maximum absolute atomic E-state index is 10.8. The Morgan fingerprint density at radius 1 is 1.23 bits per heavy atom. The van der Waals surface area contributed by atoms with Gasteiger partial charge in [0.15, 0.2) is 0 Å². The van der Waals surface area contributed by atoms with Crippen LogP contribution in [-0.4, -0.2) is 25.2 Å². The van der Waals surface area contributed by atoms with Crippen molar-refractivity contribution in [2.75, 3.05) is 13.2 Å². The second-order valence-electron chi connectivity index (χ2n) is 2.28. The Hall–Kier alpha value is -1.32. The van der Waals surface area contributed by atoms with E-state index in [2.05, 4.69) is 16.1 Å². The Bertz CT molecular complexity index is 186. The third kappa shape index (κ3) is 7.05. The number of ether oxygens (including phenoxy) is 2. The minimum absolute atomic E-state index is 0.0622. The topological polar surface area (TPSA) is 52.6 Å². The van der Waals surface area contributed by atoms with Gasteiger partial charge in [-0.1, -0.05) is 12.7 Å². The normalized spacial score (nSPS) is 9.00. The van der Waals surface area contributed by atoms with Gasteiger partial charge >= 0.3 is 11.9 Å². The molecule has 0 fully saturated rings. The summed E-state index contributed by atoms with van der Waals surface area (Å²) in [6.07, 6.45) is 1.61. The quantitative estimate of drug-likeness (QED) is 0.459. The van der Waals surface area contributed by atoms with Crippen molar-refractivity contribution < 1.29 is 19.1 Å². The monoisotopic (exact) mass is 186 g/mol. The molecular weight excluding hydrogens is 172 g/mol. The molecule has 74 valence electrons. The lowest BCUT2D eigenvalue weighted by molar-refractivity contribution is -0.149. The third-order valence-corrected chi connectivity index (χ3v) is 1.20. The maximum Gasteiger partial charge on any atom is 0.306 e. The van der Waals surface area contributed by atoms with E-state index in [1.165, 1.54) is 6.08 Å². The van der Waals surface area contributed by atoms with Gasteiger partial charge in [-0.05, 0) is 6.92 Å². The highest BCUT2D eigenvalue weighted by atomic mass is 16.5. The molecule has 0 aliphatic rings. The Balaban J connectivity index is 3.45. The van der Waals surface area contributed by atoms with E-state index in [1.807, 2.05) is 0 Å². The van der Waals surface area contributed by atoms with Gasteiger partial charge < -0.3 is 9.47 Å². The lowest BCUT2D eigenvalue weighted by Crippen LogP contribution is -2.10. The Morgan fingerprint density at radius 2 is 1.77 bits per heavy atom. The van der Waals surface area contributed by atoms with Crippen molar-refractivity contribution in [3.8, 4) is 0 Å². The minimum atomic E-state index is -0.409. The summed E-state index contributed by atoms with van der Waals surface area (Å²) in [5.41, 5.74) is 0. The first kappa shape index (κ1) is 11.7. The standard InChI is InChI=1S/C9H14O4/c1-3-7-13-9(11)6-5-8(10)12-4-2/h3H,1,4-7H2,2H3. The highest BCUT2D eigenvalue weighted by molar-refractivity contribution is 5.77. The van der Waals surface area contributed by atoms with Gasteiger partial charge in [-0.3, -0.25) is 9.59 Å². The zero-order chi connectivity index (χ0) is 10.1. The summed E-state index contributed by atoms with van der Waals surface area (Å²) in [5, 5.41) is 0. The van der Waals surface area contributed by atoms with Gasteiger partial charge in [-0.2, -0.15) is 0 Å². The summed E-state index contributed by atoms with van der Waals surface area (Å²) >= 11 is 0. The summed E-state index contributed by atoms with van der Waals surface area (Å²) in [6, 6.07) is 0. The van der Waals surface area contributed by atoms with E-state index in [-0.39, 0.29) is 25.4 Å². The van der Waals surface area contributed by atoms with Gasteiger partial charge in [0.1, 0.15) is 6.61 Å². The molecule has 0 heterocycles.